The molecule has 7 nitrogen and oxygen atoms in total. The van der Waals surface area contributed by atoms with Gasteiger partial charge in [0.2, 0.25) is 5.95 Å². The van der Waals surface area contributed by atoms with Crippen molar-refractivity contribution in [1.82, 2.24) is 14.9 Å². The Hall–Kier alpha value is -2.83. The number of ether oxygens (including phenoxy) is 1. The second kappa shape index (κ2) is 9.58. The van der Waals surface area contributed by atoms with E-state index in [1.165, 1.54) is 5.56 Å². The third-order valence-electron chi connectivity index (χ3n) is 5.10. The van der Waals surface area contributed by atoms with Crippen LogP contribution in [0.3, 0.4) is 0 Å². The van der Waals surface area contributed by atoms with Crippen LogP contribution in [-0.2, 0) is 4.74 Å². The Morgan fingerprint density at radius 3 is 2.62 bits per heavy atom. The zero-order valence-electron chi connectivity index (χ0n) is 17.8. The summed E-state index contributed by atoms with van der Waals surface area (Å²) in [6.45, 7) is 10.6. The van der Waals surface area contributed by atoms with Gasteiger partial charge in [0.05, 0.1) is 6.61 Å². The zero-order chi connectivity index (χ0) is 20.8. The van der Waals surface area contributed by atoms with E-state index in [1.54, 1.807) is 4.90 Å². The van der Waals surface area contributed by atoms with Crippen LogP contribution >= 0.6 is 0 Å². The predicted molar refractivity (Wildman–Crippen MR) is 116 cm³/mol. The van der Waals surface area contributed by atoms with Crippen molar-refractivity contribution >= 4 is 23.5 Å². The molecule has 1 aromatic carbocycles. The van der Waals surface area contributed by atoms with Gasteiger partial charge >= 0.3 is 6.09 Å². The second-order valence-corrected chi connectivity index (χ2v) is 7.38. The molecule has 1 aromatic heterocycles. The Morgan fingerprint density at radius 2 is 1.97 bits per heavy atom. The van der Waals surface area contributed by atoms with Gasteiger partial charge in [-0.1, -0.05) is 12.1 Å². The molecule has 2 aromatic rings. The molecule has 156 valence electrons. The van der Waals surface area contributed by atoms with Gasteiger partial charge in [-0.05, 0) is 58.2 Å². The summed E-state index contributed by atoms with van der Waals surface area (Å²) in [5, 5.41) is 3.47. The number of amides is 1. The molecule has 3 rings (SSSR count). The Kier molecular flexibility index (Phi) is 6.90. The standard InChI is InChI=1S/C22H31N5O2/c1-5-27(19-9-7-8-16(3)14-19)20-15-17(4)23-21(25-20)24-18-10-12-26(13-11-18)22(28)29-6-2/h7-9,14-15,18H,5-6,10-13H2,1-4H3,(H,23,24,25). The molecular weight excluding hydrogens is 366 g/mol. The van der Waals surface area contributed by atoms with Crippen molar-refractivity contribution in [3.05, 3.63) is 41.6 Å². The average Bonchev–Trinajstić information content (AvgIpc) is 2.69. The Labute approximate surface area is 173 Å². The normalized spacial score (nSPS) is 14.6. The van der Waals surface area contributed by atoms with Crippen LogP contribution in [-0.4, -0.2) is 53.2 Å². The number of aryl methyl sites for hydroxylation is 2. The minimum absolute atomic E-state index is 0.225. The number of benzene rings is 1. The SMILES string of the molecule is CCOC(=O)N1CCC(Nc2nc(C)cc(N(CC)c3cccc(C)c3)n2)CC1. The van der Waals surface area contributed by atoms with E-state index in [0.29, 0.717) is 25.6 Å². The lowest BCUT2D eigenvalue weighted by atomic mass is 10.1. The Bertz CT molecular complexity index is 834. The lowest BCUT2D eigenvalue weighted by molar-refractivity contribution is 0.0983. The molecule has 1 aliphatic rings. The molecule has 1 aliphatic heterocycles. The van der Waals surface area contributed by atoms with Crippen LogP contribution in [0.1, 0.15) is 37.9 Å². The molecule has 1 fully saturated rings. The molecule has 0 unspecified atom stereocenters. The van der Waals surface area contributed by atoms with Crippen LogP contribution in [0.15, 0.2) is 30.3 Å². The third kappa shape index (κ3) is 5.37. The first-order chi connectivity index (χ1) is 14.0. The van der Waals surface area contributed by atoms with Crippen LogP contribution in [0, 0.1) is 13.8 Å². The van der Waals surface area contributed by atoms with Gasteiger partial charge in [0.15, 0.2) is 0 Å². The van der Waals surface area contributed by atoms with Crippen LogP contribution in [0.25, 0.3) is 0 Å². The van der Waals surface area contributed by atoms with E-state index in [9.17, 15) is 4.79 Å². The molecule has 1 saturated heterocycles. The molecule has 0 bridgehead atoms. The van der Waals surface area contributed by atoms with E-state index >= 15 is 0 Å². The monoisotopic (exact) mass is 397 g/mol. The first-order valence-corrected chi connectivity index (χ1v) is 10.4. The van der Waals surface area contributed by atoms with Crippen molar-refractivity contribution < 1.29 is 9.53 Å². The van der Waals surface area contributed by atoms with Crippen molar-refractivity contribution in [2.24, 2.45) is 0 Å². The van der Waals surface area contributed by atoms with Crippen LogP contribution in [0.5, 0.6) is 0 Å². The van der Waals surface area contributed by atoms with E-state index in [0.717, 1.165) is 36.6 Å². The van der Waals surface area contributed by atoms with E-state index in [-0.39, 0.29) is 12.1 Å². The maximum atomic E-state index is 11.9. The Morgan fingerprint density at radius 1 is 1.21 bits per heavy atom. The number of piperidine rings is 1. The smallest absolute Gasteiger partial charge is 0.409 e. The third-order valence-corrected chi connectivity index (χ3v) is 5.10. The molecule has 0 aliphatic carbocycles. The van der Waals surface area contributed by atoms with E-state index < -0.39 is 0 Å². The molecule has 0 atom stereocenters. The van der Waals surface area contributed by atoms with Gasteiger partial charge in [-0.15, -0.1) is 0 Å². The number of nitrogens with zero attached hydrogens (tertiary/aromatic N) is 4. The lowest BCUT2D eigenvalue weighted by Crippen LogP contribution is -2.42. The summed E-state index contributed by atoms with van der Waals surface area (Å²) in [4.78, 5) is 25.2. The second-order valence-electron chi connectivity index (χ2n) is 7.38. The fourth-order valence-corrected chi connectivity index (χ4v) is 3.63. The summed E-state index contributed by atoms with van der Waals surface area (Å²) in [5.74, 6) is 1.53. The van der Waals surface area contributed by atoms with Crippen molar-refractivity contribution in [3.63, 3.8) is 0 Å². The number of aromatic nitrogens is 2. The number of hydrogen-bond donors (Lipinski definition) is 1. The number of likely N-dealkylation sites (tertiary alicyclic amines) is 1. The number of hydrogen-bond acceptors (Lipinski definition) is 6. The highest BCUT2D eigenvalue weighted by molar-refractivity contribution is 5.67. The van der Waals surface area contributed by atoms with Gasteiger partial charge < -0.3 is 19.9 Å². The molecule has 2 heterocycles. The number of carbonyl (C=O) groups is 1. The largest absolute Gasteiger partial charge is 0.450 e. The van der Waals surface area contributed by atoms with Crippen molar-refractivity contribution in [2.45, 2.75) is 46.6 Å². The first-order valence-electron chi connectivity index (χ1n) is 10.4. The molecule has 29 heavy (non-hydrogen) atoms. The van der Waals surface area contributed by atoms with Crippen LogP contribution in [0.4, 0.5) is 22.2 Å². The maximum Gasteiger partial charge on any atom is 0.409 e. The highest BCUT2D eigenvalue weighted by Crippen LogP contribution is 2.26. The summed E-state index contributed by atoms with van der Waals surface area (Å²) in [7, 11) is 0. The van der Waals surface area contributed by atoms with Gasteiger partial charge in [-0.3, -0.25) is 0 Å². The van der Waals surface area contributed by atoms with Gasteiger partial charge in [0.25, 0.3) is 0 Å². The van der Waals surface area contributed by atoms with E-state index in [2.05, 4.69) is 53.3 Å². The molecule has 0 radical (unpaired) electrons. The average molecular weight is 398 g/mol. The number of nitrogens with one attached hydrogen (secondary N) is 1. The zero-order valence-corrected chi connectivity index (χ0v) is 17.8. The molecule has 0 saturated carbocycles. The van der Waals surface area contributed by atoms with Crippen molar-refractivity contribution in [1.29, 1.82) is 0 Å². The van der Waals surface area contributed by atoms with Crippen LogP contribution in [0.2, 0.25) is 0 Å². The van der Waals surface area contributed by atoms with Gasteiger partial charge in [-0.2, -0.15) is 4.98 Å². The highest BCUT2D eigenvalue weighted by atomic mass is 16.6. The number of anilines is 3. The fraction of sp³-hybridized carbons (Fsp3) is 0.500. The van der Waals surface area contributed by atoms with Gasteiger partial charge in [0, 0.05) is 43.1 Å². The lowest BCUT2D eigenvalue weighted by Gasteiger charge is -2.32. The van der Waals surface area contributed by atoms with Gasteiger partial charge in [0.1, 0.15) is 5.82 Å². The molecular formula is C22H31N5O2. The predicted octanol–water partition coefficient (Wildman–Crippen LogP) is 4.28. The highest BCUT2D eigenvalue weighted by Gasteiger charge is 2.24. The van der Waals surface area contributed by atoms with Crippen molar-refractivity contribution in [3.8, 4) is 0 Å². The number of rotatable bonds is 6. The van der Waals surface area contributed by atoms with Gasteiger partial charge in [-0.25, -0.2) is 9.78 Å². The van der Waals surface area contributed by atoms with Crippen molar-refractivity contribution in [2.75, 3.05) is 36.5 Å². The number of carbonyl (C=O) groups excluding carboxylic acids is 1. The first kappa shape index (κ1) is 20.9. The molecule has 1 N–H and O–H groups in total. The maximum absolute atomic E-state index is 11.9. The van der Waals surface area contributed by atoms with E-state index in [1.807, 2.05) is 19.9 Å². The fourth-order valence-electron chi connectivity index (χ4n) is 3.63. The molecule has 0 spiro atoms. The van der Waals surface area contributed by atoms with E-state index in [4.69, 9.17) is 9.72 Å². The quantitative estimate of drug-likeness (QED) is 0.784. The summed E-state index contributed by atoms with van der Waals surface area (Å²) < 4.78 is 5.09. The summed E-state index contributed by atoms with van der Waals surface area (Å²) >= 11 is 0. The minimum Gasteiger partial charge on any atom is -0.450 e. The summed E-state index contributed by atoms with van der Waals surface area (Å²) in [6.07, 6.45) is 1.47. The summed E-state index contributed by atoms with van der Waals surface area (Å²) in [6, 6.07) is 10.7. The van der Waals surface area contributed by atoms with Crippen LogP contribution < -0.4 is 10.2 Å². The molecule has 1 amide bonds. The minimum atomic E-state index is -0.225. The summed E-state index contributed by atoms with van der Waals surface area (Å²) in [5.41, 5.74) is 3.27. The topological polar surface area (TPSA) is 70.6 Å². The molecule has 7 heteroatoms. The Balaban J connectivity index is 1.70.